The molecule has 2 unspecified atom stereocenters. The molecule has 0 radical (unpaired) electrons. The van der Waals surface area contributed by atoms with Crippen LogP contribution in [-0.2, 0) is 22.4 Å². The maximum Gasteiger partial charge on any atom is 0.341 e. The predicted octanol–water partition coefficient (Wildman–Crippen LogP) is 8.22. The van der Waals surface area contributed by atoms with Gasteiger partial charge in [0.25, 0.3) is 5.91 Å². The summed E-state index contributed by atoms with van der Waals surface area (Å²) in [6.07, 6.45) is 2.52. The van der Waals surface area contributed by atoms with E-state index in [-0.39, 0.29) is 18.4 Å². The minimum absolute atomic E-state index is 0.211. The lowest BCUT2D eigenvalue weighted by Gasteiger charge is -2.23. The molecule has 2 amide bonds. The van der Waals surface area contributed by atoms with E-state index in [1.54, 1.807) is 37.3 Å². The Labute approximate surface area is 258 Å². The molecule has 216 valence electrons. The zero-order chi connectivity index (χ0) is 29.6. The molecule has 6 nitrogen and oxygen atoms in total. The molecule has 0 spiro atoms. The van der Waals surface area contributed by atoms with E-state index < -0.39 is 11.2 Å². The van der Waals surface area contributed by atoms with Crippen LogP contribution in [0.5, 0.6) is 0 Å². The van der Waals surface area contributed by atoms with Gasteiger partial charge in [-0.05, 0) is 86.6 Å². The molecule has 1 heterocycles. The van der Waals surface area contributed by atoms with Crippen molar-refractivity contribution in [2.75, 3.05) is 17.2 Å². The van der Waals surface area contributed by atoms with Crippen LogP contribution >= 0.6 is 34.7 Å². The Morgan fingerprint density at radius 3 is 2.57 bits per heavy atom. The molecule has 2 atom stereocenters. The number of ether oxygens (including phenoxy) is 1. The van der Waals surface area contributed by atoms with E-state index >= 15 is 0 Å². The number of amides is 2. The van der Waals surface area contributed by atoms with Crippen LogP contribution in [0, 0.1) is 0 Å². The van der Waals surface area contributed by atoms with Crippen molar-refractivity contribution in [3.63, 3.8) is 0 Å². The van der Waals surface area contributed by atoms with Crippen LogP contribution in [0.1, 0.15) is 62.9 Å². The molecule has 0 saturated heterocycles. The van der Waals surface area contributed by atoms with Crippen LogP contribution in [0.15, 0.2) is 83.8 Å². The van der Waals surface area contributed by atoms with Gasteiger partial charge in [0.15, 0.2) is 0 Å². The van der Waals surface area contributed by atoms with Crippen molar-refractivity contribution in [2.24, 2.45) is 0 Å². The number of thiophene rings is 1. The molecular formula is C33H31ClN2O4S2. The Morgan fingerprint density at radius 1 is 1.02 bits per heavy atom. The van der Waals surface area contributed by atoms with E-state index in [4.69, 9.17) is 16.3 Å². The van der Waals surface area contributed by atoms with Crippen molar-refractivity contribution in [1.29, 1.82) is 0 Å². The number of hydrogen-bond donors (Lipinski definition) is 2. The van der Waals surface area contributed by atoms with Crippen LogP contribution < -0.4 is 10.6 Å². The monoisotopic (exact) mass is 618 g/mol. The third kappa shape index (κ3) is 7.06. The second kappa shape index (κ2) is 13.6. The Morgan fingerprint density at radius 2 is 1.81 bits per heavy atom. The number of hydrogen-bond acceptors (Lipinski definition) is 6. The highest BCUT2D eigenvalue weighted by atomic mass is 35.5. The smallest absolute Gasteiger partial charge is 0.341 e. The average molecular weight is 619 g/mol. The fraction of sp³-hybridized carbons (Fsp3) is 0.242. The second-order valence-electron chi connectivity index (χ2n) is 10.0. The number of carbonyl (C=O) groups is 3. The van der Waals surface area contributed by atoms with Gasteiger partial charge in [0.1, 0.15) is 5.00 Å². The summed E-state index contributed by atoms with van der Waals surface area (Å²) in [5.74, 6) is -0.505. The first-order chi connectivity index (χ1) is 20.3. The van der Waals surface area contributed by atoms with Gasteiger partial charge in [-0.2, -0.15) is 0 Å². The predicted molar refractivity (Wildman–Crippen MR) is 171 cm³/mol. The Hall–Kier alpha value is -3.59. The Bertz CT molecular complexity index is 1600. The van der Waals surface area contributed by atoms with Gasteiger partial charge in [-0.3, -0.25) is 9.59 Å². The molecule has 0 saturated carbocycles. The lowest BCUT2D eigenvalue weighted by atomic mass is 9.83. The van der Waals surface area contributed by atoms with Crippen molar-refractivity contribution < 1.29 is 19.1 Å². The maximum absolute atomic E-state index is 13.4. The summed E-state index contributed by atoms with van der Waals surface area (Å²) < 4.78 is 5.39. The summed E-state index contributed by atoms with van der Waals surface area (Å²) in [5, 5.41) is 6.48. The SMILES string of the molecule is CCOC(=O)c1c(NC(=O)C(C)Sc2cccc(NC(=O)c3cccc(Cl)c3)c2)sc2c1CCC(c1ccccc1)C2. The minimum Gasteiger partial charge on any atom is -0.462 e. The summed E-state index contributed by atoms with van der Waals surface area (Å²) >= 11 is 8.87. The van der Waals surface area contributed by atoms with Gasteiger partial charge in [0, 0.05) is 26.0 Å². The molecule has 5 rings (SSSR count). The molecule has 0 fully saturated rings. The molecule has 2 N–H and O–H groups in total. The standard InChI is InChI=1S/C33H31ClN2O4S2/c1-3-40-33(39)29-27-16-15-22(21-9-5-4-6-10-21)18-28(27)42-32(29)36-30(37)20(2)41-26-14-8-13-25(19-26)35-31(38)23-11-7-12-24(34)17-23/h4-14,17,19-20,22H,3,15-16,18H2,1-2H3,(H,35,38)(H,36,37). The van der Waals surface area contributed by atoms with Gasteiger partial charge < -0.3 is 15.4 Å². The van der Waals surface area contributed by atoms with Crippen LogP contribution in [-0.4, -0.2) is 29.6 Å². The van der Waals surface area contributed by atoms with Crippen LogP contribution in [0.4, 0.5) is 10.7 Å². The zero-order valence-corrected chi connectivity index (χ0v) is 25.7. The summed E-state index contributed by atoms with van der Waals surface area (Å²) in [6.45, 7) is 3.87. The van der Waals surface area contributed by atoms with E-state index in [2.05, 4.69) is 34.9 Å². The van der Waals surface area contributed by atoms with Crippen LogP contribution in [0.3, 0.4) is 0 Å². The molecule has 42 heavy (non-hydrogen) atoms. The lowest BCUT2D eigenvalue weighted by molar-refractivity contribution is -0.115. The number of nitrogens with one attached hydrogen (secondary N) is 2. The van der Waals surface area contributed by atoms with Crippen molar-refractivity contribution in [3.05, 3.63) is 111 Å². The quantitative estimate of drug-likeness (QED) is 0.146. The molecule has 9 heteroatoms. The number of thioether (sulfide) groups is 1. The summed E-state index contributed by atoms with van der Waals surface area (Å²) in [4.78, 5) is 41.0. The van der Waals surface area contributed by atoms with Gasteiger partial charge in [-0.1, -0.05) is 54.1 Å². The van der Waals surface area contributed by atoms with Gasteiger partial charge in [0.05, 0.1) is 17.4 Å². The van der Waals surface area contributed by atoms with Gasteiger partial charge in [-0.15, -0.1) is 23.1 Å². The first kappa shape index (κ1) is 29.9. The van der Waals surface area contributed by atoms with Gasteiger partial charge >= 0.3 is 5.97 Å². The number of rotatable bonds is 9. The molecular weight excluding hydrogens is 588 g/mol. The molecule has 1 aliphatic carbocycles. The van der Waals surface area contributed by atoms with Gasteiger partial charge in [-0.25, -0.2) is 4.79 Å². The molecule has 0 aliphatic heterocycles. The molecule has 1 aromatic heterocycles. The van der Waals surface area contributed by atoms with E-state index in [1.807, 2.05) is 31.2 Å². The fourth-order valence-corrected chi connectivity index (χ4v) is 7.49. The zero-order valence-electron chi connectivity index (χ0n) is 23.3. The maximum atomic E-state index is 13.4. The second-order valence-corrected chi connectivity index (χ2v) is 13.0. The number of fused-ring (bicyclic) bond motifs is 1. The molecule has 3 aromatic carbocycles. The highest BCUT2D eigenvalue weighted by molar-refractivity contribution is 8.00. The molecule has 4 aromatic rings. The third-order valence-corrected chi connectivity index (χ3v) is 9.61. The lowest BCUT2D eigenvalue weighted by Crippen LogP contribution is -2.23. The average Bonchev–Trinajstić information content (AvgIpc) is 3.35. The van der Waals surface area contributed by atoms with E-state index in [1.165, 1.54) is 28.7 Å². The normalized spacial score (nSPS) is 14.9. The first-order valence-electron chi connectivity index (χ1n) is 13.8. The summed E-state index contributed by atoms with van der Waals surface area (Å²) in [5.41, 5.74) is 3.83. The first-order valence-corrected chi connectivity index (χ1v) is 15.9. The summed E-state index contributed by atoms with van der Waals surface area (Å²) in [7, 11) is 0. The van der Waals surface area contributed by atoms with E-state index in [0.717, 1.165) is 34.6 Å². The van der Waals surface area contributed by atoms with Crippen LogP contribution in [0.2, 0.25) is 5.02 Å². The topological polar surface area (TPSA) is 84.5 Å². The van der Waals surface area contributed by atoms with Crippen LogP contribution in [0.25, 0.3) is 0 Å². The van der Waals surface area contributed by atoms with Crippen molar-refractivity contribution in [2.45, 2.75) is 49.2 Å². The molecule has 1 aliphatic rings. The minimum atomic E-state index is -0.463. The Kier molecular flexibility index (Phi) is 9.67. The largest absolute Gasteiger partial charge is 0.462 e. The number of anilines is 2. The van der Waals surface area contributed by atoms with E-state index in [9.17, 15) is 14.4 Å². The highest BCUT2D eigenvalue weighted by Crippen LogP contribution is 2.43. The van der Waals surface area contributed by atoms with Crippen molar-refractivity contribution >= 4 is 63.2 Å². The number of halogens is 1. The number of benzene rings is 3. The number of esters is 1. The third-order valence-electron chi connectivity index (χ3n) is 7.11. The highest BCUT2D eigenvalue weighted by Gasteiger charge is 2.31. The van der Waals surface area contributed by atoms with E-state index in [0.29, 0.717) is 32.8 Å². The fourth-order valence-electron chi connectivity index (χ4n) is 5.05. The molecule has 0 bridgehead atoms. The van der Waals surface area contributed by atoms with Gasteiger partial charge in [0.2, 0.25) is 5.91 Å². The Balaban J connectivity index is 1.29. The van der Waals surface area contributed by atoms with Crippen molar-refractivity contribution in [1.82, 2.24) is 0 Å². The van der Waals surface area contributed by atoms with Crippen molar-refractivity contribution in [3.8, 4) is 0 Å². The number of carbonyl (C=O) groups excluding carboxylic acids is 3. The summed E-state index contributed by atoms with van der Waals surface area (Å²) in [6, 6.07) is 24.5.